The molecule has 0 radical (unpaired) electrons. The van der Waals surface area contributed by atoms with Crippen LogP contribution in [0.5, 0.6) is 0 Å². The minimum atomic E-state index is -2.10. The molecule has 0 aromatic carbocycles. The van der Waals surface area contributed by atoms with E-state index in [9.17, 15) is 76.0 Å². The highest BCUT2D eigenvalue weighted by molar-refractivity contribution is 5.76. The Morgan fingerprint density at radius 3 is 1.26 bits per heavy atom. The lowest BCUT2D eigenvalue weighted by Gasteiger charge is -2.49. The van der Waals surface area contributed by atoms with Gasteiger partial charge in [0.1, 0.15) is 97.6 Å². The molecule has 22 atom stereocenters. The molecule has 0 aliphatic carbocycles. The summed E-state index contributed by atoms with van der Waals surface area (Å²) >= 11 is 0. The van der Waals surface area contributed by atoms with Gasteiger partial charge in [-0.05, 0) is 44.9 Å². The number of carbonyl (C=O) groups excluding carboxylic acids is 2. The van der Waals surface area contributed by atoms with Crippen molar-refractivity contribution < 1.29 is 114 Å². The zero-order valence-corrected chi connectivity index (χ0v) is 56.1. The fourth-order valence-electron chi connectivity index (χ4n) is 12.5. The summed E-state index contributed by atoms with van der Waals surface area (Å²) in [7, 11) is 0. The quantitative estimate of drug-likeness (QED) is 0.0303. The van der Waals surface area contributed by atoms with E-state index in [1.165, 1.54) is 141 Å². The van der Waals surface area contributed by atoms with Crippen LogP contribution in [0.4, 0.5) is 0 Å². The number of hydrogen-bond donors (Lipinski definition) is 15. The van der Waals surface area contributed by atoms with Crippen LogP contribution >= 0.6 is 0 Å². The largest absolute Gasteiger partial charge is 0.394 e. The van der Waals surface area contributed by atoms with Gasteiger partial charge in [0.15, 0.2) is 25.2 Å². The van der Waals surface area contributed by atoms with Crippen LogP contribution in [-0.4, -0.2) is 246 Å². The third kappa shape index (κ3) is 29.5. The number of nitrogens with one attached hydrogen (secondary N) is 2. The van der Waals surface area contributed by atoms with Gasteiger partial charge in [-0.15, -0.1) is 0 Å². The second kappa shape index (κ2) is 48.3. The molecule has 25 nitrogen and oxygen atoms in total. The predicted octanol–water partition coefficient (Wildman–Crippen LogP) is 3.90. The average molecular weight is 1340 g/mol. The number of rotatable bonds is 50. The van der Waals surface area contributed by atoms with Gasteiger partial charge >= 0.3 is 0 Å². The van der Waals surface area contributed by atoms with Crippen LogP contribution in [0.1, 0.15) is 226 Å². The van der Waals surface area contributed by atoms with Crippen LogP contribution in [0.2, 0.25) is 0 Å². The highest BCUT2D eigenvalue weighted by Gasteiger charge is 2.56. The number of aliphatic hydroxyl groups is 13. The van der Waals surface area contributed by atoms with Crippen LogP contribution in [0.3, 0.4) is 0 Å². The number of amides is 2. The molecule has 4 heterocycles. The van der Waals surface area contributed by atoms with E-state index in [0.29, 0.717) is 12.8 Å². The van der Waals surface area contributed by atoms with E-state index in [0.717, 1.165) is 51.9 Å². The van der Waals surface area contributed by atoms with Crippen molar-refractivity contribution in [3.05, 3.63) is 24.3 Å². The van der Waals surface area contributed by atoms with E-state index >= 15 is 0 Å². The minimum absolute atomic E-state index is 0.214. The molecule has 4 rings (SSSR count). The zero-order chi connectivity index (χ0) is 67.9. The number of aliphatic hydroxyl groups excluding tert-OH is 13. The molecule has 93 heavy (non-hydrogen) atoms. The van der Waals surface area contributed by atoms with Gasteiger partial charge in [0.05, 0.1) is 45.2 Å². The number of ether oxygens (including phenoxy) is 8. The number of carbonyl (C=O) groups is 2. The normalized spacial score (nSPS) is 32.5. The van der Waals surface area contributed by atoms with E-state index in [4.69, 9.17) is 37.9 Å². The highest BCUT2D eigenvalue weighted by Crippen LogP contribution is 2.35. The molecular formula is C68H124N2O23. The van der Waals surface area contributed by atoms with Gasteiger partial charge in [-0.25, -0.2) is 0 Å². The van der Waals surface area contributed by atoms with Gasteiger partial charge in [0, 0.05) is 13.3 Å². The summed E-state index contributed by atoms with van der Waals surface area (Å²) < 4.78 is 46.5. The van der Waals surface area contributed by atoms with E-state index in [1.807, 2.05) is 6.08 Å². The van der Waals surface area contributed by atoms with Crippen LogP contribution in [-0.2, 0) is 47.5 Å². The lowest BCUT2D eigenvalue weighted by Crippen LogP contribution is -2.69. The van der Waals surface area contributed by atoms with E-state index in [-0.39, 0.29) is 12.3 Å². The molecule has 25 heteroatoms. The van der Waals surface area contributed by atoms with Crippen LogP contribution in [0.15, 0.2) is 24.3 Å². The predicted molar refractivity (Wildman–Crippen MR) is 345 cm³/mol. The van der Waals surface area contributed by atoms with Crippen LogP contribution in [0, 0.1) is 0 Å². The van der Waals surface area contributed by atoms with Crippen molar-refractivity contribution in [3.63, 3.8) is 0 Å². The second-order valence-electron chi connectivity index (χ2n) is 26.1. The summed E-state index contributed by atoms with van der Waals surface area (Å²) in [6, 6.07) is -2.53. The Balaban J connectivity index is 1.29. The lowest BCUT2D eigenvalue weighted by atomic mass is 9.95. The molecular weight excluding hydrogens is 1210 g/mol. The molecule has 0 aromatic rings. The number of hydrogen-bond acceptors (Lipinski definition) is 23. The Kier molecular flexibility index (Phi) is 43.1. The first kappa shape index (κ1) is 83.0. The Labute approximate surface area is 552 Å². The van der Waals surface area contributed by atoms with Crippen molar-refractivity contribution in [2.45, 2.75) is 361 Å². The molecule has 4 aliphatic rings. The summed E-state index contributed by atoms with van der Waals surface area (Å²) in [6.07, 6.45) is 9.53. The summed E-state index contributed by atoms with van der Waals surface area (Å²) in [5.41, 5.74) is 0. The molecule has 15 N–H and O–H groups in total. The molecule has 22 unspecified atom stereocenters. The van der Waals surface area contributed by atoms with Gasteiger partial charge in [-0.3, -0.25) is 9.59 Å². The third-order valence-electron chi connectivity index (χ3n) is 18.3. The van der Waals surface area contributed by atoms with Gasteiger partial charge in [0.2, 0.25) is 11.8 Å². The SMILES string of the molecule is CCCCCCCCC=CCCCCCCCCCCCCCC(=O)NC(COC1OC(CO)C(OC2OC(CO)C(OC3OC(CO)C(O)C(OC4OC(CO)C(O)C(O)C4NC(C)=O)C3O)C(O)C2O)C(O)C1O)C(O)C=CCCCCCCCCCCCCC. The molecule has 0 aromatic heterocycles. The van der Waals surface area contributed by atoms with Crippen molar-refractivity contribution in [2.75, 3.05) is 33.0 Å². The Morgan fingerprint density at radius 1 is 0.419 bits per heavy atom. The smallest absolute Gasteiger partial charge is 0.220 e. The van der Waals surface area contributed by atoms with Crippen molar-refractivity contribution in [2.24, 2.45) is 0 Å². The monoisotopic (exact) mass is 1340 g/mol. The lowest BCUT2D eigenvalue weighted by molar-refractivity contribution is -0.386. The van der Waals surface area contributed by atoms with Gasteiger partial charge in [-0.2, -0.15) is 0 Å². The van der Waals surface area contributed by atoms with Crippen molar-refractivity contribution in [3.8, 4) is 0 Å². The maximum absolute atomic E-state index is 13.4. The first-order chi connectivity index (χ1) is 45.0. The van der Waals surface area contributed by atoms with Crippen LogP contribution in [0.25, 0.3) is 0 Å². The first-order valence-electron chi connectivity index (χ1n) is 35.6. The number of allylic oxidation sites excluding steroid dienone is 3. The molecule has 4 aliphatic heterocycles. The average Bonchev–Trinajstić information content (AvgIpc) is 0.786. The van der Waals surface area contributed by atoms with E-state index in [1.54, 1.807) is 6.08 Å². The molecule has 4 fully saturated rings. The standard InChI is InChI=1S/C68H124N2O23/c1-4-6-8-10-12-14-16-18-19-20-21-22-23-24-25-27-29-31-33-35-37-39-52(77)70-46(47(76)38-36-34-32-30-28-26-17-15-13-11-9-7-5-2)44-86-66-59(83)57(81)62(50(42-73)89-66)91-67-60(84)58(82)63(51(43-74)90-67)92-68-61(85)64(55(79)49(41-72)88-68)93-65-53(69-45(3)75)56(80)54(78)48(40-71)87-65/h18-19,36,38,46-51,53-68,71-74,76,78-85H,4-17,20-35,37,39-44H2,1-3H3,(H,69,75)(H,70,77). The summed E-state index contributed by atoms with van der Waals surface area (Å²) in [5.74, 6) is -1.00. The zero-order valence-electron chi connectivity index (χ0n) is 56.1. The Hall–Kier alpha value is -2.42. The van der Waals surface area contributed by atoms with Gasteiger partial charge in [-0.1, -0.05) is 192 Å². The van der Waals surface area contributed by atoms with Crippen molar-refractivity contribution >= 4 is 11.8 Å². The molecule has 2 amide bonds. The number of unbranched alkanes of at least 4 members (excludes halogenated alkanes) is 28. The summed E-state index contributed by atoms with van der Waals surface area (Å²) in [4.78, 5) is 25.5. The maximum atomic E-state index is 13.4. The Morgan fingerprint density at radius 2 is 0.796 bits per heavy atom. The molecule has 0 spiro atoms. The third-order valence-corrected chi connectivity index (χ3v) is 18.3. The topological polar surface area (TPSA) is 395 Å². The van der Waals surface area contributed by atoms with Crippen molar-refractivity contribution in [1.29, 1.82) is 0 Å². The Bertz CT molecular complexity index is 1980. The highest BCUT2D eigenvalue weighted by atomic mass is 16.8. The van der Waals surface area contributed by atoms with Crippen LogP contribution < -0.4 is 10.6 Å². The molecule has 0 saturated carbocycles. The first-order valence-corrected chi connectivity index (χ1v) is 35.6. The summed E-state index contributed by atoms with van der Waals surface area (Å²) in [6.45, 7) is 1.62. The molecule has 4 saturated heterocycles. The van der Waals surface area contributed by atoms with Gasteiger partial charge in [0.25, 0.3) is 0 Å². The summed E-state index contributed by atoms with van der Waals surface area (Å²) in [5, 5.41) is 148. The second-order valence-corrected chi connectivity index (χ2v) is 26.1. The van der Waals surface area contributed by atoms with Crippen molar-refractivity contribution in [1.82, 2.24) is 10.6 Å². The van der Waals surface area contributed by atoms with E-state index in [2.05, 4.69) is 36.6 Å². The van der Waals surface area contributed by atoms with E-state index < -0.39 is 174 Å². The maximum Gasteiger partial charge on any atom is 0.220 e. The van der Waals surface area contributed by atoms with Gasteiger partial charge < -0.3 is 115 Å². The fourth-order valence-corrected chi connectivity index (χ4v) is 12.5. The fraction of sp³-hybridized carbons (Fsp3) is 0.912. The molecule has 0 bridgehead atoms. The minimum Gasteiger partial charge on any atom is -0.394 e. The molecule has 544 valence electrons.